The fourth-order valence-electron chi connectivity index (χ4n) is 0.597. The summed E-state index contributed by atoms with van der Waals surface area (Å²) in [6.45, 7) is 1.97. The Bertz CT molecular complexity index is 165. The van der Waals surface area contributed by atoms with Crippen molar-refractivity contribution in [3.05, 3.63) is 0 Å². The first-order valence-corrected chi connectivity index (χ1v) is 3.01. The molecule has 1 heterocycles. The van der Waals surface area contributed by atoms with Crippen LogP contribution in [0.2, 0.25) is 0 Å². The van der Waals surface area contributed by atoms with Crippen LogP contribution in [0.4, 0.5) is 0 Å². The summed E-state index contributed by atoms with van der Waals surface area (Å²) < 4.78 is 4.63. The molecule has 1 aliphatic rings. The minimum absolute atomic E-state index is 0.0996. The molecule has 1 unspecified atom stereocenters. The summed E-state index contributed by atoms with van der Waals surface area (Å²) in [5, 5.41) is 0. The molecule has 2 heteroatoms. The highest BCUT2D eigenvalue weighted by atomic mass is 16.6. The Morgan fingerprint density at radius 2 is 2.56 bits per heavy atom. The highest BCUT2D eigenvalue weighted by Crippen LogP contribution is 2.10. The minimum Gasteiger partial charge on any atom is -0.448 e. The monoisotopic (exact) mass is 124 g/mol. The van der Waals surface area contributed by atoms with Crippen LogP contribution in [0.5, 0.6) is 0 Å². The number of carbonyl (C=O) groups excluding carboxylic acids is 1. The smallest absolute Gasteiger partial charge is 0.311 e. The molecule has 0 aromatic heterocycles. The maximum Gasteiger partial charge on any atom is 0.311 e. The average Bonchev–Trinajstić information content (AvgIpc) is 1.78. The summed E-state index contributed by atoms with van der Waals surface area (Å²) in [6.07, 6.45) is 1.21. The van der Waals surface area contributed by atoms with Crippen LogP contribution in [0.3, 0.4) is 0 Å². The van der Waals surface area contributed by atoms with E-state index in [0.29, 0.717) is 6.42 Å². The number of hydrogen-bond acceptors (Lipinski definition) is 2. The summed E-state index contributed by atoms with van der Waals surface area (Å²) in [6, 6.07) is 0. The van der Waals surface area contributed by atoms with Crippen LogP contribution in [0.25, 0.3) is 0 Å². The normalized spacial score (nSPS) is 23.2. The first-order chi connectivity index (χ1) is 4.33. The van der Waals surface area contributed by atoms with E-state index in [9.17, 15) is 4.79 Å². The summed E-state index contributed by atoms with van der Waals surface area (Å²) in [7, 11) is 0. The van der Waals surface area contributed by atoms with Gasteiger partial charge in [0.05, 0.1) is 6.42 Å². The van der Waals surface area contributed by atoms with Gasteiger partial charge in [0.25, 0.3) is 0 Å². The third-order valence-electron chi connectivity index (χ3n) is 1.07. The van der Waals surface area contributed by atoms with Crippen molar-refractivity contribution in [2.45, 2.75) is 25.9 Å². The summed E-state index contributed by atoms with van der Waals surface area (Å²) in [5.41, 5.74) is 0. The van der Waals surface area contributed by atoms with Crippen molar-refractivity contribution in [2.75, 3.05) is 0 Å². The molecule has 0 N–H and O–H groups in total. The SMILES string of the molecule is CCC#CC1CC(=O)O1. The van der Waals surface area contributed by atoms with E-state index in [2.05, 4.69) is 16.6 Å². The lowest BCUT2D eigenvalue weighted by molar-refractivity contribution is -0.163. The van der Waals surface area contributed by atoms with Crippen molar-refractivity contribution >= 4 is 5.97 Å². The molecule has 9 heavy (non-hydrogen) atoms. The predicted octanol–water partition coefficient (Wildman–Crippen LogP) is 0.715. The van der Waals surface area contributed by atoms with Crippen LogP contribution in [0, 0.1) is 11.8 Å². The van der Waals surface area contributed by atoms with E-state index in [1.807, 2.05) is 6.92 Å². The zero-order valence-electron chi connectivity index (χ0n) is 5.31. The van der Waals surface area contributed by atoms with Crippen LogP contribution in [0.15, 0.2) is 0 Å². The molecular formula is C7H8O2. The Morgan fingerprint density at radius 1 is 1.89 bits per heavy atom. The lowest BCUT2D eigenvalue weighted by Gasteiger charge is -2.19. The van der Waals surface area contributed by atoms with E-state index >= 15 is 0 Å². The Kier molecular flexibility index (Phi) is 1.74. The fourth-order valence-corrected chi connectivity index (χ4v) is 0.597. The first-order valence-electron chi connectivity index (χ1n) is 3.01. The Balaban J connectivity index is 2.25. The summed E-state index contributed by atoms with van der Waals surface area (Å²) in [5.74, 6) is 5.52. The van der Waals surface area contributed by atoms with Gasteiger partial charge >= 0.3 is 5.97 Å². The fraction of sp³-hybridized carbons (Fsp3) is 0.571. The molecule has 0 saturated carbocycles. The first kappa shape index (κ1) is 6.15. The molecule has 0 radical (unpaired) electrons. The van der Waals surface area contributed by atoms with Crippen LogP contribution in [-0.4, -0.2) is 12.1 Å². The molecule has 0 bridgehead atoms. The van der Waals surface area contributed by atoms with Gasteiger partial charge in [-0.15, -0.1) is 0 Å². The average molecular weight is 124 g/mol. The van der Waals surface area contributed by atoms with Gasteiger partial charge in [-0.05, 0) is 0 Å². The number of hydrogen-bond donors (Lipinski definition) is 0. The van der Waals surface area contributed by atoms with Crippen molar-refractivity contribution in [1.29, 1.82) is 0 Å². The van der Waals surface area contributed by atoms with Gasteiger partial charge in [-0.25, -0.2) is 0 Å². The molecule has 0 aromatic carbocycles. The summed E-state index contributed by atoms with van der Waals surface area (Å²) >= 11 is 0. The van der Waals surface area contributed by atoms with Crippen molar-refractivity contribution in [2.24, 2.45) is 0 Å². The molecule has 0 aromatic rings. The topological polar surface area (TPSA) is 26.3 Å². The van der Waals surface area contributed by atoms with Crippen molar-refractivity contribution in [1.82, 2.24) is 0 Å². The van der Waals surface area contributed by atoms with Gasteiger partial charge in [0.2, 0.25) is 0 Å². The van der Waals surface area contributed by atoms with Gasteiger partial charge in [-0.3, -0.25) is 4.79 Å². The van der Waals surface area contributed by atoms with E-state index in [1.54, 1.807) is 0 Å². The third-order valence-corrected chi connectivity index (χ3v) is 1.07. The van der Waals surface area contributed by atoms with Crippen molar-refractivity contribution in [3.8, 4) is 11.8 Å². The maximum atomic E-state index is 10.2. The lowest BCUT2D eigenvalue weighted by Crippen LogP contribution is -2.31. The summed E-state index contributed by atoms with van der Waals surface area (Å²) in [4.78, 5) is 10.2. The largest absolute Gasteiger partial charge is 0.448 e. The molecule has 2 nitrogen and oxygen atoms in total. The van der Waals surface area contributed by atoms with Gasteiger partial charge in [0, 0.05) is 6.42 Å². The highest BCUT2D eigenvalue weighted by Gasteiger charge is 2.25. The molecule has 0 amide bonds. The second-order valence-corrected chi connectivity index (χ2v) is 1.86. The number of rotatable bonds is 0. The minimum atomic E-state index is -0.134. The zero-order valence-corrected chi connectivity index (χ0v) is 5.31. The predicted molar refractivity (Wildman–Crippen MR) is 32.6 cm³/mol. The molecule has 1 atom stereocenters. The van der Waals surface area contributed by atoms with Crippen LogP contribution in [0.1, 0.15) is 19.8 Å². The Morgan fingerprint density at radius 3 is 3.00 bits per heavy atom. The number of carbonyl (C=O) groups is 1. The van der Waals surface area contributed by atoms with Crippen LogP contribution >= 0.6 is 0 Å². The second-order valence-electron chi connectivity index (χ2n) is 1.86. The molecule has 1 rings (SSSR count). The van der Waals surface area contributed by atoms with Gasteiger partial charge in [0.15, 0.2) is 6.10 Å². The van der Waals surface area contributed by atoms with Crippen LogP contribution in [-0.2, 0) is 9.53 Å². The molecule has 1 fully saturated rings. The second kappa shape index (κ2) is 2.54. The standard InChI is InChI=1S/C7H8O2/c1-2-3-4-6-5-7(8)9-6/h6H,2,5H2,1H3. The molecule has 0 spiro atoms. The number of ether oxygens (including phenoxy) is 1. The van der Waals surface area contributed by atoms with E-state index in [4.69, 9.17) is 0 Å². The molecular weight excluding hydrogens is 116 g/mol. The number of esters is 1. The Labute approximate surface area is 54.2 Å². The van der Waals surface area contributed by atoms with Gasteiger partial charge in [0.1, 0.15) is 0 Å². The molecule has 1 saturated heterocycles. The van der Waals surface area contributed by atoms with Crippen LogP contribution < -0.4 is 0 Å². The number of cyclic esters (lactones) is 1. The van der Waals surface area contributed by atoms with E-state index in [-0.39, 0.29) is 12.1 Å². The van der Waals surface area contributed by atoms with Crippen molar-refractivity contribution in [3.63, 3.8) is 0 Å². The molecule has 48 valence electrons. The van der Waals surface area contributed by atoms with Gasteiger partial charge in [-0.1, -0.05) is 18.8 Å². The van der Waals surface area contributed by atoms with E-state index in [1.165, 1.54) is 0 Å². The molecule has 1 aliphatic heterocycles. The van der Waals surface area contributed by atoms with E-state index < -0.39 is 0 Å². The van der Waals surface area contributed by atoms with E-state index in [0.717, 1.165) is 6.42 Å². The van der Waals surface area contributed by atoms with Gasteiger partial charge in [-0.2, -0.15) is 0 Å². The molecule has 0 aliphatic carbocycles. The quantitative estimate of drug-likeness (QED) is 0.351. The lowest BCUT2D eigenvalue weighted by atomic mass is 10.2. The maximum absolute atomic E-state index is 10.2. The van der Waals surface area contributed by atoms with Gasteiger partial charge < -0.3 is 4.74 Å². The van der Waals surface area contributed by atoms with Crippen molar-refractivity contribution < 1.29 is 9.53 Å². The zero-order chi connectivity index (χ0) is 6.69. The third kappa shape index (κ3) is 1.46. The highest BCUT2D eigenvalue weighted by molar-refractivity contribution is 5.76. The Hall–Kier alpha value is -0.970.